The molecule has 0 aromatic heterocycles. The Kier molecular flexibility index (Phi) is 10.6. The smallest absolute Gasteiger partial charge is 0.220 e. The summed E-state index contributed by atoms with van der Waals surface area (Å²) in [5.41, 5.74) is 0. The molecule has 2 N–H and O–H groups in total. The van der Waals surface area contributed by atoms with Gasteiger partial charge in [0, 0.05) is 13.0 Å². The molecule has 0 aliphatic carbocycles. The largest absolute Gasteiger partial charge is 0.356 e. The van der Waals surface area contributed by atoms with Crippen LogP contribution in [0.15, 0.2) is 0 Å². The molecule has 3 nitrogen and oxygen atoms in total. The second kappa shape index (κ2) is 12.0. The minimum atomic E-state index is 0.276. The van der Waals surface area contributed by atoms with Crippen molar-refractivity contribution in [3.05, 3.63) is 0 Å². The molecule has 0 aromatic carbocycles. The number of piperidine rings is 1. The Morgan fingerprint density at radius 3 is 2.62 bits per heavy atom. The second-order valence-corrected chi connectivity index (χ2v) is 6.72. The monoisotopic (exact) mass is 296 g/mol. The average molecular weight is 296 g/mol. The van der Waals surface area contributed by atoms with Crippen LogP contribution >= 0.6 is 0 Å². The van der Waals surface area contributed by atoms with Crippen molar-refractivity contribution in [2.45, 2.75) is 78.1 Å². The molecule has 0 bridgehead atoms. The van der Waals surface area contributed by atoms with Crippen LogP contribution in [0.2, 0.25) is 0 Å². The van der Waals surface area contributed by atoms with Gasteiger partial charge in [-0.05, 0) is 50.6 Å². The average Bonchev–Trinajstić information content (AvgIpc) is 2.51. The lowest BCUT2D eigenvalue weighted by molar-refractivity contribution is -0.122. The van der Waals surface area contributed by atoms with Crippen molar-refractivity contribution >= 4 is 5.91 Å². The summed E-state index contributed by atoms with van der Waals surface area (Å²) in [6.07, 6.45) is 12.0. The molecule has 21 heavy (non-hydrogen) atoms. The van der Waals surface area contributed by atoms with E-state index < -0.39 is 0 Å². The summed E-state index contributed by atoms with van der Waals surface area (Å²) < 4.78 is 0. The maximum atomic E-state index is 12.2. The highest BCUT2D eigenvalue weighted by Gasteiger charge is 2.16. The summed E-state index contributed by atoms with van der Waals surface area (Å²) in [6.45, 7) is 7.55. The molecule has 2 unspecified atom stereocenters. The molecule has 124 valence electrons. The Morgan fingerprint density at radius 2 is 1.95 bits per heavy atom. The van der Waals surface area contributed by atoms with Gasteiger partial charge in [-0.1, -0.05) is 46.0 Å². The summed E-state index contributed by atoms with van der Waals surface area (Å²) in [7, 11) is 0. The van der Waals surface area contributed by atoms with Crippen molar-refractivity contribution in [2.75, 3.05) is 19.6 Å². The summed E-state index contributed by atoms with van der Waals surface area (Å²) in [6, 6.07) is 0. The number of unbranched alkanes of at least 4 members (excludes halogenated alkanes) is 3. The van der Waals surface area contributed by atoms with E-state index in [0.717, 1.165) is 26.1 Å². The van der Waals surface area contributed by atoms with Gasteiger partial charge in [-0.15, -0.1) is 0 Å². The molecule has 1 aliphatic heterocycles. The second-order valence-electron chi connectivity index (χ2n) is 6.72. The van der Waals surface area contributed by atoms with Crippen molar-refractivity contribution in [1.29, 1.82) is 0 Å². The fraction of sp³-hybridized carbons (Fsp3) is 0.944. The summed E-state index contributed by atoms with van der Waals surface area (Å²) >= 11 is 0. The summed E-state index contributed by atoms with van der Waals surface area (Å²) in [4.78, 5) is 12.2. The predicted molar refractivity (Wildman–Crippen MR) is 90.4 cm³/mol. The molecule has 2 atom stereocenters. The molecule has 0 radical (unpaired) electrons. The van der Waals surface area contributed by atoms with Gasteiger partial charge in [-0.25, -0.2) is 0 Å². The third-order valence-corrected chi connectivity index (χ3v) is 4.64. The number of carbonyl (C=O) groups is 1. The van der Waals surface area contributed by atoms with Crippen LogP contribution in [-0.4, -0.2) is 25.5 Å². The van der Waals surface area contributed by atoms with Crippen molar-refractivity contribution in [2.24, 2.45) is 11.8 Å². The standard InChI is InChI=1S/C18H36N2O/c1-3-5-7-10-16(9-6-4-2)13-18(21)20-15-17-11-8-12-19-14-17/h16-17,19H,3-15H2,1-2H3,(H,20,21). The molecule has 0 saturated carbocycles. The van der Waals surface area contributed by atoms with Crippen LogP contribution in [0.4, 0.5) is 0 Å². The maximum Gasteiger partial charge on any atom is 0.220 e. The highest BCUT2D eigenvalue weighted by molar-refractivity contribution is 5.76. The third-order valence-electron chi connectivity index (χ3n) is 4.64. The van der Waals surface area contributed by atoms with Gasteiger partial charge in [0.25, 0.3) is 0 Å². The van der Waals surface area contributed by atoms with E-state index in [0.29, 0.717) is 11.8 Å². The van der Waals surface area contributed by atoms with Crippen molar-refractivity contribution in [1.82, 2.24) is 10.6 Å². The highest BCUT2D eigenvalue weighted by atomic mass is 16.1. The van der Waals surface area contributed by atoms with E-state index in [9.17, 15) is 4.79 Å². The first-order chi connectivity index (χ1) is 10.3. The van der Waals surface area contributed by atoms with Crippen LogP contribution in [0.3, 0.4) is 0 Å². The van der Waals surface area contributed by atoms with Gasteiger partial charge in [-0.3, -0.25) is 4.79 Å². The van der Waals surface area contributed by atoms with Gasteiger partial charge in [0.1, 0.15) is 0 Å². The molecular weight excluding hydrogens is 260 g/mol. The van der Waals surface area contributed by atoms with Crippen LogP contribution < -0.4 is 10.6 Å². The predicted octanol–water partition coefficient (Wildman–Crippen LogP) is 3.88. The number of rotatable bonds is 11. The fourth-order valence-electron chi connectivity index (χ4n) is 3.22. The van der Waals surface area contributed by atoms with Crippen molar-refractivity contribution in [3.8, 4) is 0 Å². The zero-order valence-electron chi connectivity index (χ0n) is 14.3. The van der Waals surface area contributed by atoms with Gasteiger partial charge in [0.15, 0.2) is 0 Å². The molecule has 1 fully saturated rings. The number of amides is 1. The van der Waals surface area contributed by atoms with E-state index in [1.54, 1.807) is 0 Å². The number of hydrogen-bond donors (Lipinski definition) is 2. The van der Waals surface area contributed by atoms with Crippen LogP contribution in [0.25, 0.3) is 0 Å². The first-order valence-corrected chi connectivity index (χ1v) is 9.23. The Hall–Kier alpha value is -0.570. The van der Waals surface area contributed by atoms with E-state index >= 15 is 0 Å². The lowest BCUT2D eigenvalue weighted by atomic mass is 9.92. The Morgan fingerprint density at radius 1 is 1.19 bits per heavy atom. The van der Waals surface area contributed by atoms with Crippen LogP contribution in [-0.2, 0) is 4.79 Å². The van der Waals surface area contributed by atoms with E-state index in [-0.39, 0.29) is 5.91 Å². The molecular formula is C18H36N2O. The zero-order chi connectivity index (χ0) is 15.3. The van der Waals surface area contributed by atoms with Crippen LogP contribution in [0.5, 0.6) is 0 Å². The summed E-state index contributed by atoms with van der Waals surface area (Å²) in [5, 5.41) is 6.58. The number of carbonyl (C=O) groups excluding carboxylic acids is 1. The third kappa shape index (κ3) is 9.13. The Balaban J connectivity index is 2.21. The van der Waals surface area contributed by atoms with Crippen LogP contribution in [0, 0.1) is 11.8 Å². The van der Waals surface area contributed by atoms with E-state index in [1.807, 2.05) is 0 Å². The van der Waals surface area contributed by atoms with E-state index in [2.05, 4.69) is 24.5 Å². The molecule has 0 spiro atoms. The molecule has 1 saturated heterocycles. The molecule has 1 rings (SSSR count). The van der Waals surface area contributed by atoms with E-state index in [4.69, 9.17) is 0 Å². The molecule has 3 heteroatoms. The molecule has 1 amide bonds. The minimum Gasteiger partial charge on any atom is -0.356 e. The lowest BCUT2D eigenvalue weighted by Gasteiger charge is -2.23. The topological polar surface area (TPSA) is 41.1 Å². The van der Waals surface area contributed by atoms with Gasteiger partial charge < -0.3 is 10.6 Å². The normalized spacial score (nSPS) is 20.2. The molecule has 1 aliphatic rings. The zero-order valence-corrected chi connectivity index (χ0v) is 14.3. The minimum absolute atomic E-state index is 0.276. The SMILES string of the molecule is CCCCCC(CCCC)CC(=O)NCC1CCCNC1. The van der Waals surface area contributed by atoms with Gasteiger partial charge in [0.2, 0.25) is 5.91 Å². The molecule has 1 heterocycles. The Bertz CT molecular complexity index is 262. The summed E-state index contributed by atoms with van der Waals surface area (Å²) in [5.74, 6) is 1.51. The molecule has 0 aromatic rings. The van der Waals surface area contributed by atoms with Crippen molar-refractivity contribution in [3.63, 3.8) is 0 Å². The van der Waals surface area contributed by atoms with Gasteiger partial charge >= 0.3 is 0 Å². The van der Waals surface area contributed by atoms with Crippen molar-refractivity contribution < 1.29 is 4.79 Å². The number of hydrogen-bond acceptors (Lipinski definition) is 2. The van der Waals surface area contributed by atoms with Gasteiger partial charge in [0.05, 0.1) is 0 Å². The van der Waals surface area contributed by atoms with Crippen LogP contribution in [0.1, 0.15) is 78.1 Å². The first-order valence-electron chi connectivity index (χ1n) is 9.23. The lowest BCUT2D eigenvalue weighted by Crippen LogP contribution is -2.38. The van der Waals surface area contributed by atoms with Gasteiger partial charge in [-0.2, -0.15) is 0 Å². The number of nitrogens with one attached hydrogen (secondary N) is 2. The Labute approximate surface area is 131 Å². The highest BCUT2D eigenvalue weighted by Crippen LogP contribution is 2.20. The maximum absolute atomic E-state index is 12.2. The first kappa shape index (κ1) is 18.5. The van der Waals surface area contributed by atoms with E-state index in [1.165, 1.54) is 57.8 Å². The fourth-order valence-corrected chi connectivity index (χ4v) is 3.22. The quantitative estimate of drug-likeness (QED) is 0.568.